The summed E-state index contributed by atoms with van der Waals surface area (Å²) in [6, 6.07) is 9.07. The normalized spacial score (nSPS) is 10.9. The van der Waals surface area contributed by atoms with E-state index >= 15 is 0 Å². The SMILES string of the molecule is O=c1onc(Cc2ccc(F)cc2)n1Cc1nc(Cl)ccc1Cl. The molecule has 0 aliphatic carbocycles. The zero-order chi connectivity index (χ0) is 16.4. The molecular formula is C15H10Cl2FN3O2. The highest BCUT2D eigenvalue weighted by Gasteiger charge is 2.14. The van der Waals surface area contributed by atoms with Crippen molar-refractivity contribution in [1.29, 1.82) is 0 Å². The van der Waals surface area contributed by atoms with Gasteiger partial charge in [-0.05, 0) is 29.8 Å². The highest BCUT2D eigenvalue weighted by molar-refractivity contribution is 6.32. The molecule has 0 aliphatic rings. The summed E-state index contributed by atoms with van der Waals surface area (Å²) in [7, 11) is 0. The van der Waals surface area contributed by atoms with Crippen LogP contribution in [0.3, 0.4) is 0 Å². The summed E-state index contributed by atoms with van der Waals surface area (Å²) < 4.78 is 19.0. The predicted octanol–water partition coefficient (Wildman–Crippen LogP) is 3.32. The number of pyridine rings is 1. The van der Waals surface area contributed by atoms with Crippen molar-refractivity contribution < 1.29 is 8.91 Å². The lowest BCUT2D eigenvalue weighted by Gasteiger charge is -2.06. The molecule has 0 saturated carbocycles. The van der Waals surface area contributed by atoms with Gasteiger partial charge in [0, 0.05) is 6.42 Å². The Bertz CT molecular complexity index is 890. The van der Waals surface area contributed by atoms with Gasteiger partial charge >= 0.3 is 5.76 Å². The lowest BCUT2D eigenvalue weighted by Crippen LogP contribution is -2.19. The average molecular weight is 354 g/mol. The molecule has 0 spiro atoms. The quantitative estimate of drug-likeness (QED) is 0.675. The van der Waals surface area contributed by atoms with E-state index in [4.69, 9.17) is 27.7 Å². The van der Waals surface area contributed by atoms with Crippen LogP contribution in [0.5, 0.6) is 0 Å². The molecule has 0 N–H and O–H groups in total. The fourth-order valence-electron chi connectivity index (χ4n) is 2.08. The maximum Gasteiger partial charge on any atom is 0.441 e. The third-order valence-corrected chi connectivity index (χ3v) is 3.78. The van der Waals surface area contributed by atoms with Gasteiger partial charge in [-0.2, -0.15) is 0 Å². The van der Waals surface area contributed by atoms with Gasteiger partial charge in [0.15, 0.2) is 5.82 Å². The molecule has 0 aliphatic heterocycles. The van der Waals surface area contributed by atoms with Gasteiger partial charge in [0.25, 0.3) is 0 Å². The Balaban J connectivity index is 1.91. The van der Waals surface area contributed by atoms with Crippen molar-refractivity contribution in [2.24, 2.45) is 0 Å². The van der Waals surface area contributed by atoms with Gasteiger partial charge in [-0.1, -0.05) is 40.5 Å². The van der Waals surface area contributed by atoms with Gasteiger partial charge in [-0.3, -0.25) is 9.09 Å². The zero-order valence-electron chi connectivity index (χ0n) is 11.7. The molecule has 0 unspecified atom stereocenters. The lowest BCUT2D eigenvalue weighted by atomic mass is 10.1. The van der Waals surface area contributed by atoms with Crippen molar-refractivity contribution in [3.63, 3.8) is 0 Å². The summed E-state index contributed by atoms with van der Waals surface area (Å²) in [5.74, 6) is -0.569. The van der Waals surface area contributed by atoms with Gasteiger partial charge < -0.3 is 0 Å². The second-order valence-electron chi connectivity index (χ2n) is 4.82. The highest BCUT2D eigenvalue weighted by atomic mass is 35.5. The standard InChI is InChI=1S/C15H10Cl2FN3O2/c16-11-5-6-13(17)19-12(11)8-21-14(20-23-15(21)22)7-9-1-3-10(18)4-2-9/h1-6H,7-8H2. The maximum atomic E-state index is 13.0. The van der Waals surface area contributed by atoms with Gasteiger partial charge in [-0.25, -0.2) is 14.2 Å². The number of rotatable bonds is 4. The first kappa shape index (κ1) is 15.7. The molecule has 5 nitrogen and oxygen atoms in total. The Kier molecular flexibility index (Phi) is 4.45. The molecule has 2 aromatic heterocycles. The topological polar surface area (TPSA) is 60.9 Å². The van der Waals surface area contributed by atoms with Crippen LogP contribution >= 0.6 is 23.2 Å². The van der Waals surface area contributed by atoms with Crippen LogP contribution < -0.4 is 5.76 Å². The van der Waals surface area contributed by atoms with E-state index in [1.807, 2.05) is 0 Å². The van der Waals surface area contributed by atoms with E-state index in [1.165, 1.54) is 16.7 Å². The summed E-state index contributed by atoms with van der Waals surface area (Å²) in [6.07, 6.45) is 0.310. The summed E-state index contributed by atoms with van der Waals surface area (Å²) in [4.78, 5) is 16.0. The molecule has 0 amide bonds. The van der Waals surface area contributed by atoms with Crippen molar-refractivity contribution >= 4 is 23.2 Å². The monoisotopic (exact) mass is 353 g/mol. The van der Waals surface area contributed by atoms with E-state index in [2.05, 4.69) is 10.1 Å². The minimum atomic E-state index is -0.625. The lowest BCUT2D eigenvalue weighted by molar-refractivity contribution is 0.375. The largest absolute Gasteiger partial charge is 0.441 e. The average Bonchev–Trinajstić information content (AvgIpc) is 2.86. The Hall–Kier alpha value is -2.18. The molecule has 0 radical (unpaired) electrons. The molecule has 118 valence electrons. The van der Waals surface area contributed by atoms with Gasteiger partial charge in [0.1, 0.15) is 11.0 Å². The first-order valence-electron chi connectivity index (χ1n) is 6.63. The number of halogens is 3. The summed E-state index contributed by atoms with van der Waals surface area (Å²) in [6.45, 7) is 0.0816. The fraction of sp³-hybridized carbons (Fsp3) is 0.133. The Morgan fingerprint density at radius 3 is 2.61 bits per heavy atom. The predicted molar refractivity (Wildman–Crippen MR) is 83.3 cm³/mol. The van der Waals surface area contributed by atoms with E-state index in [0.29, 0.717) is 23.0 Å². The van der Waals surface area contributed by atoms with Gasteiger partial charge in [0.2, 0.25) is 0 Å². The number of hydrogen-bond donors (Lipinski definition) is 0. The third-order valence-electron chi connectivity index (χ3n) is 3.23. The van der Waals surface area contributed by atoms with Crippen LogP contribution in [0.15, 0.2) is 45.7 Å². The molecule has 3 aromatic rings. The molecule has 0 atom stereocenters. The number of aromatic nitrogens is 3. The molecule has 0 bridgehead atoms. The van der Waals surface area contributed by atoms with Crippen LogP contribution in [0.25, 0.3) is 0 Å². The van der Waals surface area contributed by atoms with Crippen LogP contribution in [0, 0.1) is 5.82 Å². The van der Waals surface area contributed by atoms with Crippen molar-refractivity contribution in [2.75, 3.05) is 0 Å². The van der Waals surface area contributed by atoms with Crippen molar-refractivity contribution in [3.05, 3.63) is 80.0 Å². The minimum absolute atomic E-state index is 0.0816. The van der Waals surface area contributed by atoms with Crippen LogP contribution in [-0.4, -0.2) is 14.7 Å². The maximum absolute atomic E-state index is 13.0. The molecule has 1 aromatic carbocycles. The molecule has 0 saturated heterocycles. The van der Waals surface area contributed by atoms with Gasteiger partial charge in [0.05, 0.1) is 17.3 Å². The minimum Gasteiger partial charge on any atom is -0.296 e. The van der Waals surface area contributed by atoms with Gasteiger partial charge in [-0.15, -0.1) is 0 Å². The van der Waals surface area contributed by atoms with E-state index in [1.54, 1.807) is 24.3 Å². The van der Waals surface area contributed by atoms with E-state index in [-0.39, 0.29) is 17.5 Å². The van der Waals surface area contributed by atoms with Crippen LogP contribution in [0.4, 0.5) is 4.39 Å². The van der Waals surface area contributed by atoms with Crippen molar-refractivity contribution in [1.82, 2.24) is 14.7 Å². The van der Waals surface area contributed by atoms with Crippen molar-refractivity contribution in [2.45, 2.75) is 13.0 Å². The first-order valence-corrected chi connectivity index (χ1v) is 7.39. The molecular weight excluding hydrogens is 344 g/mol. The van der Waals surface area contributed by atoms with E-state index in [9.17, 15) is 9.18 Å². The molecule has 23 heavy (non-hydrogen) atoms. The Labute approximate surface area is 140 Å². The van der Waals surface area contributed by atoms with Crippen LogP contribution in [-0.2, 0) is 13.0 Å². The highest BCUT2D eigenvalue weighted by Crippen LogP contribution is 2.18. The van der Waals surface area contributed by atoms with Crippen molar-refractivity contribution in [3.8, 4) is 0 Å². The second-order valence-corrected chi connectivity index (χ2v) is 5.61. The zero-order valence-corrected chi connectivity index (χ0v) is 13.2. The number of hydrogen-bond acceptors (Lipinski definition) is 4. The fourth-order valence-corrected chi connectivity index (χ4v) is 2.41. The Morgan fingerprint density at radius 2 is 1.87 bits per heavy atom. The smallest absolute Gasteiger partial charge is 0.296 e. The summed E-state index contributed by atoms with van der Waals surface area (Å²) in [5.41, 5.74) is 1.23. The number of nitrogens with zero attached hydrogens (tertiary/aromatic N) is 3. The van der Waals surface area contributed by atoms with Crippen LogP contribution in [0.2, 0.25) is 10.2 Å². The summed E-state index contributed by atoms with van der Waals surface area (Å²) in [5, 5.41) is 4.42. The summed E-state index contributed by atoms with van der Waals surface area (Å²) >= 11 is 11.9. The first-order chi connectivity index (χ1) is 11.0. The number of benzene rings is 1. The van der Waals surface area contributed by atoms with E-state index < -0.39 is 5.76 Å². The van der Waals surface area contributed by atoms with E-state index in [0.717, 1.165) is 5.56 Å². The second kappa shape index (κ2) is 6.52. The molecule has 2 heterocycles. The third kappa shape index (κ3) is 3.60. The molecule has 8 heteroatoms. The van der Waals surface area contributed by atoms with Crippen LogP contribution in [0.1, 0.15) is 17.1 Å². The Morgan fingerprint density at radius 1 is 1.13 bits per heavy atom. The molecule has 0 fully saturated rings. The molecule has 3 rings (SSSR count).